The van der Waals surface area contributed by atoms with Crippen LogP contribution in [0.15, 0.2) is 0 Å². The molecule has 0 bridgehead atoms. The van der Waals surface area contributed by atoms with Crippen molar-refractivity contribution in [2.24, 2.45) is 0 Å². The number of carbonyl (C=O) groups is 4. The number of hydrogen-bond acceptors (Lipinski definition) is 10. The first-order chi connectivity index (χ1) is 23.1. The van der Waals surface area contributed by atoms with Crippen molar-refractivity contribution >= 4 is 31.6 Å². The van der Waals surface area contributed by atoms with Gasteiger partial charge in [-0.3, -0.25) is 28.2 Å². The molecule has 0 aliphatic heterocycles. The highest BCUT2D eigenvalue weighted by Crippen LogP contribution is 2.43. The molecule has 0 aromatic rings. The molecule has 0 aliphatic rings. The van der Waals surface area contributed by atoms with E-state index in [2.05, 4.69) is 24.5 Å². The molecule has 48 heavy (non-hydrogen) atoms. The number of hydrogen-bond donors (Lipinski definition) is 3. The molecule has 2 amide bonds. The molecule has 0 fully saturated rings. The van der Waals surface area contributed by atoms with Gasteiger partial charge >= 0.3 is 19.8 Å². The van der Waals surface area contributed by atoms with E-state index in [1.807, 2.05) is 0 Å². The zero-order chi connectivity index (χ0) is 35.7. The van der Waals surface area contributed by atoms with Crippen molar-refractivity contribution in [3.05, 3.63) is 0 Å². The van der Waals surface area contributed by atoms with Gasteiger partial charge in [-0.15, -0.1) is 0 Å². The highest BCUT2D eigenvalue weighted by molar-refractivity contribution is 7.47. The van der Waals surface area contributed by atoms with Gasteiger partial charge in [0.1, 0.15) is 6.61 Å². The van der Waals surface area contributed by atoms with Crippen LogP contribution < -0.4 is 10.6 Å². The van der Waals surface area contributed by atoms with Crippen LogP contribution in [0.3, 0.4) is 0 Å². The molecule has 3 N–H and O–H groups in total. The molecular formula is C34H65N2O11P. The predicted molar refractivity (Wildman–Crippen MR) is 184 cm³/mol. The second-order valence-corrected chi connectivity index (χ2v) is 13.4. The quantitative estimate of drug-likeness (QED) is 0.0389. The smallest absolute Gasteiger partial charge is 0.462 e. The van der Waals surface area contributed by atoms with Crippen LogP contribution in [0.25, 0.3) is 0 Å². The van der Waals surface area contributed by atoms with Gasteiger partial charge in [0.15, 0.2) is 6.10 Å². The highest BCUT2D eigenvalue weighted by atomic mass is 31.2. The zero-order valence-corrected chi connectivity index (χ0v) is 30.8. The maximum absolute atomic E-state index is 12.4. The number of ether oxygens (including phenoxy) is 3. The fourth-order valence-electron chi connectivity index (χ4n) is 4.64. The Morgan fingerprint density at radius 1 is 0.625 bits per heavy atom. The molecule has 0 radical (unpaired) electrons. The summed E-state index contributed by atoms with van der Waals surface area (Å²) in [4.78, 5) is 57.9. The fourth-order valence-corrected chi connectivity index (χ4v) is 5.39. The lowest BCUT2D eigenvalue weighted by atomic mass is 10.1. The van der Waals surface area contributed by atoms with Crippen molar-refractivity contribution < 1.29 is 51.9 Å². The maximum Gasteiger partial charge on any atom is 0.472 e. The number of carbonyl (C=O) groups excluding carboxylic acids is 4. The van der Waals surface area contributed by atoms with Gasteiger partial charge in [-0.25, -0.2) is 4.57 Å². The number of esters is 2. The predicted octanol–water partition coefficient (Wildman–Crippen LogP) is 6.30. The summed E-state index contributed by atoms with van der Waals surface area (Å²) in [7, 11) is -3.04. The number of rotatable bonds is 34. The molecular weight excluding hydrogens is 643 g/mol. The van der Waals surface area contributed by atoms with Crippen molar-refractivity contribution in [1.29, 1.82) is 0 Å². The summed E-state index contributed by atoms with van der Waals surface area (Å²) in [6.07, 6.45) is 17.1. The third-order valence-electron chi connectivity index (χ3n) is 7.53. The number of nitrogens with one attached hydrogen (secondary N) is 2. The maximum atomic E-state index is 12.4. The van der Waals surface area contributed by atoms with Crippen molar-refractivity contribution in [1.82, 2.24) is 10.6 Å². The summed E-state index contributed by atoms with van der Waals surface area (Å²) < 4.78 is 38.3. The van der Waals surface area contributed by atoms with E-state index in [1.165, 1.54) is 52.0 Å². The van der Waals surface area contributed by atoms with E-state index in [4.69, 9.17) is 23.3 Å². The first kappa shape index (κ1) is 46.0. The molecule has 0 heterocycles. The van der Waals surface area contributed by atoms with Crippen molar-refractivity contribution in [3.63, 3.8) is 0 Å². The Morgan fingerprint density at radius 3 is 1.67 bits per heavy atom. The molecule has 0 aromatic heterocycles. The summed E-state index contributed by atoms with van der Waals surface area (Å²) in [5.74, 6) is -1.45. The SMILES string of the molecule is CCCCCCCCCCCCCC(=O)OC[C@H](COP(=O)(O)OCCNC(=O)CCOCCC(=O)NC)OC(=O)CCCCCCC. The standard InChI is InChI=1S/C34H65N2O11P/c1-4-6-8-10-11-12-13-14-15-17-18-20-33(39)44-28-30(47-34(40)21-19-16-9-7-5-2)29-46-48(41,42)45-27-24-36-32(38)23-26-43-25-22-31(37)35-3/h30H,4-29H2,1-3H3,(H,35,37)(H,36,38)(H,41,42)/t30-/m1/s1. The Hall–Kier alpha value is -2.05. The Bertz CT molecular complexity index is 891. The molecule has 2 atom stereocenters. The molecule has 0 saturated carbocycles. The Balaban J connectivity index is 4.47. The summed E-state index contributed by atoms with van der Waals surface area (Å²) in [5, 5.41) is 5.00. The van der Waals surface area contributed by atoms with E-state index < -0.39 is 32.5 Å². The molecule has 0 aliphatic carbocycles. The molecule has 1 unspecified atom stereocenters. The van der Waals surface area contributed by atoms with E-state index in [0.717, 1.165) is 44.9 Å². The largest absolute Gasteiger partial charge is 0.472 e. The van der Waals surface area contributed by atoms with Gasteiger partial charge in [0.25, 0.3) is 0 Å². The van der Waals surface area contributed by atoms with Crippen molar-refractivity contribution in [2.45, 2.75) is 148 Å². The van der Waals surface area contributed by atoms with Crippen LogP contribution in [0.1, 0.15) is 142 Å². The van der Waals surface area contributed by atoms with E-state index in [1.54, 1.807) is 0 Å². The summed E-state index contributed by atoms with van der Waals surface area (Å²) >= 11 is 0. The number of phosphoric ester groups is 1. The minimum atomic E-state index is -4.56. The van der Waals surface area contributed by atoms with Gasteiger partial charge in [0.2, 0.25) is 11.8 Å². The van der Waals surface area contributed by atoms with Crippen LogP contribution in [0.2, 0.25) is 0 Å². The lowest BCUT2D eigenvalue weighted by Gasteiger charge is -2.20. The van der Waals surface area contributed by atoms with Crippen LogP contribution in [-0.2, 0) is 47.0 Å². The van der Waals surface area contributed by atoms with Gasteiger partial charge in [-0.2, -0.15) is 0 Å². The van der Waals surface area contributed by atoms with Gasteiger partial charge in [0.05, 0.1) is 26.4 Å². The van der Waals surface area contributed by atoms with Crippen LogP contribution >= 0.6 is 7.82 Å². The van der Waals surface area contributed by atoms with E-state index in [-0.39, 0.29) is 70.5 Å². The second-order valence-electron chi connectivity index (χ2n) is 12.0. The Kier molecular flexibility index (Phi) is 30.8. The summed E-state index contributed by atoms with van der Waals surface area (Å²) in [6, 6.07) is 0. The lowest BCUT2D eigenvalue weighted by molar-refractivity contribution is -0.161. The van der Waals surface area contributed by atoms with Gasteiger partial charge in [0, 0.05) is 39.3 Å². The summed E-state index contributed by atoms with van der Waals surface area (Å²) in [5.41, 5.74) is 0. The minimum absolute atomic E-state index is 0.0463. The topological polar surface area (TPSA) is 176 Å². The molecule has 0 aromatic carbocycles. The first-order valence-electron chi connectivity index (χ1n) is 18.2. The van der Waals surface area contributed by atoms with E-state index in [9.17, 15) is 28.6 Å². The highest BCUT2D eigenvalue weighted by Gasteiger charge is 2.26. The normalized spacial score (nSPS) is 13.0. The Morgan fingerprint density at radius 2 is 1.12 bits per heavy atom. The monoisotopic (exact) mass is 708 g/mol. The third-order valence-corrected chi connectivity index (χ3v) is 8.51. The molecule has 0 spiro atoms. The molecule has 14 heteroatoms. The van der Waals surface area contributed by atoms with E-state index >= 15 is 0 Å². The van der Waals surface area contributed by atoms with Crippen molar-refractivity contribution in [3.8, 4) is 0 Å². The Labute approximate surface area is 288 Å². The second kappa shape index (κ2) is 32.2. The van der Waals surface area contributed by atoms with E-state index in [0.29, 0.717) is 12.8 Å². The van der Waals surface area contributed by atoms with Crippen LogP contribution in [0.5, 0.6) is 0 Å². The number of phosphoric acid groups is 1. The van der Waals surface area contributed by atoms with Gasteiger partial charge < -0.3 is 29.7 Å². The fraction of sp³-hybridized carbons (Fsp3) is 0.882. The van der Waals surface area contributed by atoms with Gasteiger partial charge in [-0.1, -0.05) is 104 Å². The number of amides is 2. The molecule has 0 saturated heterocycles. The molecule has 0 rings (SSSR count). The van der Waals surface area contributed by atoms with Crippen LogP contribution in [-0.4, -0.2) is 81.4 Å². The average Bonchev–Trinajstić information content (AvgIpc) is 3.06. The van der Waals surface area contributed by atoms with Gasteiger partial charge in [-0.05, 0) is 12.8 Å². The van der Waals surface area contributed by atoms with Crippen LogP contribution in [0, 0.1) is 0 Å². The molecule has 13 nitrogen and oxygen atoms in total. The number of unbranched alkanes of at least 4 members (excludes halogenated alkanes) is 14. The van der Waals surface area contributed by atoms with Crippen LogP contribution in [0.4, 0.5) is 0 Å². The molecule has 282 valence electrons. The first-order valence-corrected chi connectivity index (χ1v) is 19.6. The zero-order valence-electron chi connectivity index (χ0n) is 29.9. The summed E-state index contributed by atoms with van der Waals surface area (Å²) in [6.45, 7) is 3.44. The lowest BCUT2D eigenvalue weighted by Crippen LogP contribution is -2.30. The average molecular weight is 709 g/mol. The minimum Gasteiger partial charge on any atom is -0.462 e. The third kappa shape index (κ3) is 31.2. The van der Waals surface area contributed by atoms with Crippen molar-refractivity contribution in [2.75, 3.05) is 46.6 Å².